The van der Waals surface area contributed by atoms with Crippen molar-refractivity contribution in [2.24, 2.45) is 0 Å². The summed E-state index contributed by atoms with van der Waals surface area (Å²) in [6, 6.07) is 9.00. The van der Waals surface area contributed by atoms with E-state index in [1.54, 1.807) is 7.05 Å². The number of aliphatic hydroxyl groups excluding tert-OH is 2. The topological polar surface area (TPSA) is 70.0 Å². The van der Waals surface area contributed by atoms with Crippen LogP contribution in [0.3, 0.4) is 0 Å². The predicted octanol–water partition coefficient (Wildman–Crippen LogP) is 1.56. The minimum Gasteiger partial charge on any atom is -0.453 e. The van der Waals surface area contributed by atoms with Crippen molar-refractivity contribution in [3.8, 4) is 0 Å². The molecule has 2 N–H and O–H groups in total. The summed E-state index contributed by atoms with van der Waals surface area (Å²) in [5.74, 6) is 0. The number of carbonyl (C=O) groups is 1. The van der Waals surface area contributed by atoms with Gasteiger partial charge in [-0.15, -0.1) is 0 Å². The summed E-state index contributed by atoms with van der Waals surface area (Å²) in [6.07, 6.45) is -1.99. The van der Waals surface area contributed by atoms with Crippen LogP contribution < -0.4 is 0 Å². The number of carbonyl (C=O) groups excluding carboxylic acids is 1. The summed E-state index contributed by atoms with van der Waals surface area (Å²) in [5, 5.41) is 19.2. The van der Waals surface area contributed by atoms with E-state index in [9.17, 15) is 15.0 Å². The lowest BCUT2D eigenvalue weighted by Gasteiger charge is -2.30. The third-order valence-corrected chi connectivity index (χ3v) is 3.14. The molecule has 0 spiro atoms. The second kappa shape index (κ2) is 7.11. The molecule has 0 heterocycles. The summed E-state index contributed by atoms with van der Waals surface area (Å²) < 4.78 is 4.70. The van der Waals surface area contributed by atoms with Gasteiger partial charge in [-0.1, -0.05) is 30.3 Å². The highest BCUT2D eigenvalue weighted by Crippen LogP contribution is 2.26. The monoisotopic (exact) mass is 267 g/mol. The summed E-state index contributed by atoms with van der Waals surface area (Å²) in [5.41, 5.74) is 0.884. The van der Waals surface area contributed by atoms with Crippen LogP contribution in [0, 0.1) is 0 Å². The Labute approximate surface area is 113 Å². The highest BCUT2D eigenvalue weighted by Gasteiger charge is 2.26. The molecule has 0 saturated carbocycles. The van der Waals surface area contributed by atoms with Crippen molar-refractivity contribution in [3.63, 3.8) is 0 Å². The Balaban J connectivity index is 2.94. The van der Waals surface area contributed by atoms with Gasteiger partial charge in [-0.3, -0.25) is 0 Å². The molecule has 0 saturated heterocycles. The molecule has 0 fully saturated rings. The lowest BCUT2D eigenvalue weighted by atomic mass is 9.97. The van der Waals surface area contributed by atoms with Gasteiger partial charge in [-0.25, -0.2) is 4.79 Å². The molecule has 1 aromatic carbocycles. The first-order chi connectivity index (χ1) is 8.97. The van der Waals surface area contributed by atoms with Crippen LogP contribution in [-0.4, -0.2) is 47.6 Å². The van der Waals surface area contributed by atoms with Gasteiger partial charge in [-0.2, -0.15) is 0 Å². The fourth-order valence-corrected chi connectivity index (χ4v) is 1.89. The van der Waals surface area contributed by atoms with Gasteiger partial charge in [0.25, 0.3) is 0 Å². The minimum atomic E-state index is -0.905. The molecule has 3 atom stereocenters. The van der Waals surface area contributed by atoms with Crippen LogP contribution in [0.25, 0.3) is 0 Å². The molecule has 106 valence electrons. The number of aliphatic hydroxyl groups is 2. The van der Waals surface area contributed by atoms with E-state index in [4.69, 9.17) is 4.74 Å². The van der Waals surface area contributed by atoms with Gasteiger partial charge in [-0.05, 0) is 12.5 Å². The molecule has 0 bridgehead atoms. The van der Waals surface area contributed by atoms with Crippen LogP contribution in [0.1, 0.15) is 24.9 Å². The molecule has 1 rings (SSSR count). The Kier molecular flexibility index (Phi) is 5.79. The molecule has 0 aliphatic heterocycles. The van der Waals surface area contributed by atoms with Crippen molar-refractivity contribution in [3.05, 3.63) is 35.9 Å². The van der Waals surface area contributed by atoms with Gasteiger partial charge in [0.15, 0.2) is 0 Å². The molecule has 0 unspecified atom stereocenters. The molecular weight excluding hydrogens is 246 g/mol. The molecule has 1 amide bonds. The molecule has 5 heteroatoms. The predicted molar refractivity (Wildman–Crippen MR) is 71.7 cm³/mol. The summed E-state index contributed by atoms with van der Waals surface area (Å²) >= 11 is 0. The Hall–Kier alpha value is -1.59. The van der Waals surface area contributed by atoms with Crippen molar-refractivity contribution in [1.29, 1.82) is 0 Å². The Morgan fingerprint density at radius 3 is 2.37 bits per heavy atom. The van der Waals surface area contributed by atoms with Crippen LogP contribution in [0.4, 0.5) is 4.79 Å². The number of nitrogens with zero attached hydrogens (tertiary/aromatic N) is 1. The average Bonchev–Trinajstić information content (AvgIpc) is 2.43. The third kappa shape index (κ3) is 4.22. The second-order valence-corrected chi connectivity index (χ2v) is 4.55. The summed E-state index contributed by atoms with van der Waals surface area (Å²) in [6.45, 7) is 1.52. The van der Waals surface area contributed by atoms with Crippen LogP contribution in [0.2, 0.25) is 0 Å². The van der Waals surface area contributed by atoms with Gasteiger partial charge >= 0.3 is 6.09 Å². The van der Waals surface area contributed by atoms with Gasteiger partial charge in [0.1, 0.15) is 0 Å². The fraction of sp³-hybridized carbons (Fsp3) is 0.500. The Morgan fingerprint density at radius 2 is 1.89 bits per heavy atom. The van der Waals surface area contributed by atoms with E-state index in [0.29, 0.717) is 0 Å². The van der Waals surface area contributed by atoms with Crippen LogP contribution >= 0.6 is 0 Å². The lowest BCUT2D eigenvalue weighted by molar-refractivity contribution is 0.00891. The molecule has 5 nitrogen and oxygen atoms in total. The average molecular weight is 267 g/mol. The zero-order valence-electron chi connectivity index (χ0n) is 11.5. The van der Waals surface area contributed by atoms with Crippen molar-refractivity contribution in [2.45, 2.75) is 31.6 Å². The first-order valence-electron chi connectivity index (χ1n) is 6.19. The van der Waals surface area contributed by atoms with E-state index < -0.39 is 18.3 Å². The van der Waals surface area contributed by atoms with Crippen LogP contribution in [-0.2, 0) is 4.74 Å². The zero-order valence-corrected chi connectivity index (χ0v) is 11.5. The quantitative estimate of drug-likeness (QED) is 0.849. The minimum absolute atomic E-state index is 0.243. The number of amides is 1. The number of benzene rings is 1. The lowest BCUT2D eigenvalue weighted by Crippen LogP contribution is -2.35. The first kappa shape index (κ1) is 15.5. The zero-order chi connectivity index (χ0) is 14.4. The standard InChI is InChI=1S/C14H21NO4/c1-10(16)13(17)9-12(15(2)14(18)19-3)11-7-5-4-6-8-11/h4-8,10,12-13,16-17H,9H2,1-3H3/t10-,12-,13-/m1/s1. The fourth-order valence-electron chi connectivity index (χ4n) is 1.89. The first-order valence-corrected chi connectivity index (χ1v) is 6.19. The third-order valence-electron chi connectivity index (χ3n) is 3.14. The Bertz CT molecular complexity index is 394. The van der Waals surface area contributed by atoms with Gasteiger partial charge in [0.2, 0.25) is 0 Å². The van der Waals surface area contributed by atoms with Crippen molar-refractivity contribution in [2.75, 3.05) is 14.2 Å². The normalized spacial score (nSPS) is 15.4. The maximum atomic E-state index is 11.6. The van der Waals surface area contributed by atoms with Gasteiger partial charge < -0.3 is 19.8 Å². The van der Waals surface area contributed by atoms with Crippen molar-refractivity contribution < 1.29 is 19.7 Å². The van der Waals surface area contributed by atoms with Crippen LogP contribution in [0.5, 0.6) is 0 Å². The van der Waals surface area contributed by atoms with Crippen LogP contribution in [0.15, 0.2) is 30.3 Å². The van der Waals surface area contributed by atoms with E-state index in [1.807, 2.05) is 30.3 Å². The number of ether oxygens (including phenoxy) is 1. The molecule has 19 heavy (non-hydrogen) atoms. The number of methoxy groups -OCH3 is 1. The highest BCUT2D eigenvalue weighted by molar-refractivity contribution is 5.67. The molecule has 0 radical (unpaired) electrons. The smallest absolute Gasteiger partial charge is 0.409 e. The molecular formula is C14H21NO4. The molecule has 1 aromatic rings. The summed E-state index contributed by atoms with van der Waals surface area (Å²) in [7, 11) is 2.92. The van der Waals surface area contributed by atoms with Gasteiger partial charge in [0, 0.05) is 13.5 Å². The van der Waals surface area contributed by atoms with E-state index in [0.717, 1.165) is 5.56 Å². The maximum Gasteiger partial charge on any atom is 0.409 e. The number of hydrogen-bond acceptors (Lipinski definition) is 4. The number of rotatable bonds is 5. The summed E-state index contributed by atoms with van der Waals surface area (Å²) in [4.78, 5) is 13.1. The van der Waals surface area contributed by atoms with E-state index in [-0.39, 0.29) is 12.5 Å². The van der Waals surface area contributed by atoms with E-state index in [1.165, 1.54) is 18.9 Å². The Morgan fingerprint density at radius 1 is 1.32 bits per heavy atom. The number of hydrogen-bond donors (Lipinski definition) is 2. The molecule has 0 aromatic heterocycles. The maximum absolute atomic E-state index is 11.6. The molecule has 0 aliphatic rings. The van der Waals surface area contributed by atoms with Crippen molar-refractivity contribution in [1.82, 2.24) is 4.90 Å². The van der Waals surface area contributed by atoms with E-state index >= 15 is 0 Å². The SMILES string of the molecule is COC(=O)N(C)[C@H](C[C@@H](O)[C@@H](C)O)c1ccccc1. The molecule has 0 aliphatic carbocycles. The highest BCUT2D eigenvalue weighted by atomic mass is 16.5. The van der Waals surface area contributed by atoms with Crippen molar-refractivity contribution >= 4 is 6.09 Å². The largest absolute Gasteiger partial charge is 0.453 e. The van der Waals surface area contributed by atoms with Gasteiger partial charge in [0.05, 0.1) is 25.4 Å². The van der Waals surface area contributed by atoms with E-state index in [2.05, 4.69) is 0 Å². The second-order valence-electron chi connectivity index (χ2n) is 4.55.